The lowest BCUT2D eigenvalue weighted by Crippen LogP contribution is -2.12. The van der Waals surface area contributed by atoms with Gasteiger partial charge < -0.3 is 0 Å². The number of sulfonamides is 1. The fourth-order valence-corrected chi connectivity index (χ4v) is 4.04. The molecule has 0 unspecified atom stereocenters. The van der Waals surface area contributed by atoms with Gasteiger partial charge in [-0.1, -0.05) is 89.0 Å². The highest BCUT2D eigenvalue weighted by molar-refractivity contribution is 7.89. The lowest BCUT2D eigenvalue weighted by Gasteiger charge is -2.04. The summed E-state index contributed by atoms with van der Waals surface area (Å²) in [5, 5.41) is 5.18. The zero-order valence-electron chi connectivity index (χ0n) is 17.9. The Morgan fingerprint density at radius 1 is 0.786 bits per heavy atom. The molecular weight excluding hydrogens is 366 g/mol. The maximum absolute atomic E-state index is 11.4. The molecule has 28 heavy (non-hydrogen) atoms. The van der Waals surface area contributed by atoms with Gasteiger partial charge in [0.25, 0.3) is 0 Å². The number of benzene rings is 1. The largest absolute Gasteiger partial charge is 0.238 e. The van der Waals surface area contributed by atoms with Crippen molar-refractivity contribution in [3.63, 3.8) is 0 Å². The van der Waals surface area contributed by atoms with Gasteiger partial charge in [-0.05, 0) is 56.2 Å². The van der Waals surface area contributed by atoms with Crippen molar-refractivity contribution in [3.05, 3.63) is 42.0 Å². The summed E-state index contributed by atoms with van der Waals surface area (Å²) < 4.78 is 22.8. The molecule has 0 aromatic heterocycles. The molecule has 0 aliphatic heterocycles. The molecule has 0 radical (unpaired) electrons. The first kappa shape index (κ1) is 24.9. The van der Waals surface area contributed by atoms with Crippen molar-refractivity contribution in [3.8, 4) is 0 Å². The highest BCUT2D eigenvalue weighted by atomic mass is 32.2. The normalized spacial score (nSPS) is 12.1. The Labute approximate surface area is 173 Å². The van der Waals surface area contributed by atoms with Crippen LogP contribution in [-0.4, -0.2) is 8.42 Å². The third-order valence-corrected chi connectivity index (χ3v) is 6.12. The molecule has 0 aliphatic carbocycles. The van der Waals surface area contributed by atoms with E-state index in [4.69, 9.17) is 5.14 Å². The van der Waals surface area contributed by atoms with E-state index in [0.29, 0.717) is 0 Å². The Balaban J connectivity index is 1.95. The van der Waals surface area contributed by atoms with Crippen LogP contribution in [0, 0.1) is 0 Å². The molecule has 3 nitrogen and oxygen atoms in total. The van der Waals surface area contributed by atoms with Crippen molar-refractivity contribution < 1.29 is 8.42 Å². The molecule has 0 atom stereocenters. The highest BCUT2D eigenvalue weighted by Crippen LogP contribution is 2.14. The number of rotatable bonds is 17. The second kappa shape index (κ2) is 15.8. The minimum atomic E-state index is -3.59. The molecular formula is C24H41NO2S. The van der Waals surface area contributed by atoms with Gasteiger partial charge in [-0.2, -0.15) is 0 Å². The first-order valence-electron chi connectivity index (χ1n) is 11.3. The summed E-state index contributed by atoms with van der Waals surface area (Å²) in [6, 6.07) is 7.00. The lowest BCUT2D eigenvalue weighted by atomic mass is 10.1. The maximum Gasteiger partial charge on any atom is 0.238 e. The van der Waals surface area contributed by atoms with Crippen LogP contribution >= 0.6 is 0 Å². The first-order chi connectivity index (χ1) is 13.5. The van der Waals surface area contributed by atoms with E-state index >= 15 is 0 Å². The number of primary sulfonamides is 1. The third-order valence-electron chi connectivity index (χ3n) is 5.20. The quantitative estimate of drug-likeness (QED) is 0.225. The summed E-state index contributed by atoms with van der Waals surface area (Å²) >= 11 is 0. The Hall–Kier alpha value is -1.13. The minimum Gasteiger partial charge on any atom is -0.225 e. The van der Waals surface area contributed by atoms with E-state index in [-0.39, 0.29) is 4.90 Å². The second-order valence-corrected chi connectivity index (χ2v) is 9.44. The van der Waals surface area contributed by atoms with E-state index in [0.717, 1.165) is 18.4 Å². The van der Waals surface area contributed by atoms with Crippen LogP contribution in [0.4, 0.5) is 0 Å². The SMILES string of the molecule is CCCCCCCCCC/C=C/CCCCCCc1cccc(S(N)(=O)=O)c1. The van der Waals surface area contributed by atoms with Crippen LogP contribution in [0.5, 0.6) is 0 Å². The Kier molecular flexibility index (Phi) is 14.0. The Morgan fingerprint density at radius 3 is 1.89 bits per heavy atom. The Bertz CT molecular complexity index is 638. The van der Waals surface area contributed by atoms with Crippen LogP contribution in [0.25, 0.3) is 0 Å². The molecule has 0 spiro atoms. The molecule has 2 N–H and O–H groups in total. The lowest BCUT2D eigenvalue weighted by molar-refractivity contribution is 0.577. The minimum absolute atomic E-state index is 0.214. The number of unbranched alkanes of at least 4 members (excludes halogenated alkanes) is 12. The molecule has 0 saturated carbocycles. The van der Waals surface area contributed by atoms with E-state index in [1.54, 1.807) is 18.2 Å². The van der Waals surface area contributed by atoms with Gasteiger partial charge in [-0.3, -0.25) is 0 Å². The van der Waals surface area contributed by atoms with E-state index in [1.807, 2.05) is 6.07 Å². The monoisotopic (exact) mass is 407 g/mol. The molecule has 0 aliphatic rings. The fourth-order valence-electron chi connectivity index (χ4n) is 3.45. The second-order valence-electron chi connectivity index (χ2n) is 7.88. The average molecular weight is 408 g/mol. The van der Waals surface area contributed by atoms with Gasteiger partial charge in [0.2, 0.25) is 10.0 Å². The van der Waals surface area contributed by atoms with Crippen molar-refractivity contribution >= 4 is 10.0 Å². The predicted molar refractivity (Wildman–Crippen MR) is 121 cm³/mol. The molecule has 160 valence electrons. The summed E-state index contributed by atoms with van der Waals surface area (Å²) in [5.41, 5.74) is 1.05. The van der Waals surface area contributed by atoms with Crippen LogP contribution in [0.3, 0.4) is 0 Å². The Morgan fingerprint density at radius 2 is 1.32 bits per heavy atom. The molecule has 0 amide bonds. The third kappa shape index (κ3) is 13.1. The van der Waals surface area contributed by atoms with Crippen LogP contribution < -0.4 is 5.14 Å². The standard InChI is InChI=1S/C24H41NO2S/c1-2-3-4-5-6-7-8-9-10-11-12-13-14-15-16-17-19-23-20-18-21-24(22-23)28(25,26)27/h11-12,18,20-22H,2-10,13-17,19H2,1H3,(H2,25,26,27)/b12-11+. The van der Waals surface area contributed by atoms with Gasteiger partial charge in [0.05, 0.1) is 4.90 Å². The zero-order chi connectivity index (χ0) is 20.5. The van der Waals surface area contributed by atoms with Crippen LogP contribution in [-0.2, 0) is 16.4 Å². The van der Waals surface area contributed by atoms with Crippen LogP contribution in [0.2, 0.25) is 0 Å². The first-order valence-corrected chi connectivity index (χ1v) is 12.9. The van der Waals surface area contributed by atoms with E-state index < -0.39 is 10.0 Å². The molecule has 1 aromatic rings. The zero-order valence-corrected chi connectivity index (χ0v) is 18.7. The number of hydrogen-bond acceptors (Lipinski definition) is 2. The summed E-state index contributed by atoms with van der Waals surface area (Å²) in [6.45, 7) is 2.27. The summed E-state index contributed by atoms with van der Waals surface area (Å²) in [7, 11) is -3.59. The van der Waals surface area contributed by atoms with Gasteiger partial charge in [-0.15, -0.1) is 0 Å². The van der Waals surface area contributed by atoms with Gasteiger partial charge in [-0.25, -0.2) is 13.6 Å². The molecule has 1 aromatic carbocycles. The number of aryl methyl sites for hydroxylation is 1. The number of allylic oxidation sites excluding steroid dienone is 2. The molecule has 1 rings (SSSR count). The van der Waals surface area contributed by atoms with Crippen molar-refractivity contribution in [2.45, 2.75) is 108 Å². The molecule has 0 saturated heterocycles. The molecule has 0 bridgehead atoms. The molecule has 0 heterocycles. The van der Waals surface area contributed by atoms with Crippen molar-refractivity contribution in [2.75, 3.05) is 0 Å². The van der Waals surface area contributed by atoms with Gasteiger partial charge in [0.15, 0.2) is 0 Å². The van der Waals surface area contributed by atoms with Gasteiger partial charge in [0, 0.05) is 0 Å². The average Bonchev–Trinajstić information content (AvgIpc) is 2.67. The number of hydrogen-bond donors (Lipinski definition) is 1. The topological polar surface area (TPSA) is 60.2 Å². The van der Waals surface area contributed by atoms with E-state index in [2.05, 4.69) is 19.1 Å². The maximum atomic E-state index is 11.4. The van der Waals surface area contributed by atoms with Crippen molar-refractivity contribution in [2.24, 2.45) is 5.14 Å². The summed E-state index contributed by atoms with van der Waals surface area (Å²) in [5.74, 6) is 0. The summed E-state index contributed by atoms with van der Waals surface area (Å²) in [6.07, 6.45) is 23.9. The van der Waals surface area contributed by atoms with Crippen LogP contribution in [0.15, 0.2) is 41.3 Å². The summed E-state index contributed by atoms with van der Waals surface area (Å²) in [4.78, 5) is 0.214. The molecule has 4 heteroatoms. The van der Waals surface area contributed by atoms with Crippen molar-refractivity contribution in [1.29, 1.82) is 0 Å². The fraction of sp³-hybridized carbons (Fsp3) is 0.667. The predicted octanol–water partition coefficient (Wildman–Crippen LogP) is 6.91. The smallest absolute Gasteiger partial charge is 0.225 e. The van der Waals surface area contributed by atoms with Crippen molar-refractivity contribution in [1.82, 2.24) is 0 Å². The highest BCUT2D eigenvalue weighted by Gasteiger charge is 2.07. The van der Waals surface area contributed by atoms with Gasteiger partial charge in [0.1, 0.15) is 0 Å². The van der Waals surface area contributed by atoms with E-state index in [9.17, 15) is 8.42 Å². The van der Waals surface area contributed by atoms with Crippen LogP contribution in [0.1, 0.15) is 102 Å². The molecule has 0 fully saturated rings. The van der Waals surface area contributed by atoms with Gasteiger partial charge >= 0.3 is 0 Å². The van der Waals surface area contributed by atoms with E-state index in [1.165, 1.54) is 83.5 Å². The number of nitrogens with two attached hydrogens (primary N) is 1.